The summed E-state index contributed by atoms with van der Waals surface area (Å²) in [6.45, 7) is 0.233. The zero-order valence-electron chi connectivity index (χ0n) is 15.5. The van der Waals surface area contributed by atoms with Crippen LogP contribution in [0.1, 0.15) is 10.4 Å². The first-order valence-electron chi connectivity index (χ1n) is 8.89. The van der Waals surface area contributed by atoms with Crippen LogP contribution in [0.2, 0.25) is 10.0 Å². The number of rotatable bonds is 4. The van der Waals surface area contributed by atoms with Crippen molar-refractivity contribution in [2.24, 2.45) is 4.99 Å². The molecule has 0 unspecified atom stereocenters. The summed E-state index contributed by atoms with van der Waals surface area (Å²) in [5.74, 6) is 3.54. The first-order valence-corrected chi connectivity index (χ1v) is 10.5. The SMILES string of the molecule is C#CCn1c(=NC(=O)c2ccc(Oc3ccccc3)cc2)sc2cc(Cl)cc(Cl)c21. The number of ether oxygens (including phenoxy) is 1. The van der Waals surface area contributed by atoms with Crippen molar-refractivity contribution < 1.29 is 9.53 Å². The molecule has 1 aromatic heterocycles. The van der Waals surface area contributed by atoms with E-state index in [-0.39, 0.29) is 12.5 Å². The van der Waals surface area contributed by atoms with Crippen molar-refractivity contribution in [2.45, 2.75) is 6.54 Å². The Balaban J connectivity index is 1.67. The van der Waals surface area contributed by atoms with E-state index in [1.165, 1.54) is 11.3 Å². The van der Waals surface area contributed by atoms with Gasteiger partial charge in [-0.05, 0) is 48.5 Å². The van der Waals surface area contributed by atoms with Gasteiger partial charge in [-0.1, -0.05) is 58.7 Å². The van der Waals surface area contributed by atoms with Gasteiger partial charge >= 0.3 is 0 Å². The van der Waals surface area contributed by atoms with Crippen molar-refractivity contribution in [3.63, 3.8) is 0 Å². The average molecular weight is 453 g/mol. The van der Waals surface area contributed by atoms with E-state index < -0.39 is 0 Å². The Hall–Kier alpha value is -3.04. The normalized spacial score (nSPS) is 11.4. The Morgan fingerprint density at radius 3 is 2.47 bits per heavy atom. The molecule has 1 heterocycles. The predicted octanol–water partition coefficient (Wildman–Crippen LogP) is 6.18. The lowest BCUT2D eigenvalue weighted by Gasteiger charge is -2.05. The predicted molar refractivity (Wildman–Crippen MR) is 122 cm³/mol. The number of amides is 1. The molecule has 0 saturated carbocycles. The molecule has 30 heavy (non-hydrogen) atoms. The Morgan fingerprint density at radius 2 is 1.77 bits per heavy atom. The van der Waals surface area contributed by atoms with Gasteiger partial charge in [-0.2, -0.15) is 4.99 Å². The number of aromatic nitrogens is 1. The number of thiazole rings is 1. The largest absolute Gasteiger partial charge is 0.457 e. The highest BCUT2D eigenvalue weighted by Crippen LogP contribution is 2.29. The molecule has 0 saturated heterocycles. The minimum atomic E-state index is -0.388. The van der Waals surface area contributed by atoms with Crippen LogP contribution in [0.15, 0.2) is 71.7 Å². The first-order chi connectivity index (χ1) is 14.5. The van der Waals surface area contributed by atoms with Crippen molar-refractivity contribution >= 4 is 50.7 Å². The second-order valence-electron chi connectivity index (χ2n) is 6.27. The Bertz CT molecular complexity index is 1330. The van der Waals surface area contributed by atoms with Gasteiger partial charge in [0.25, 0.3) is 5.91 Å². The van der Waals surface area contributed by atoms with E-state index in [1.807, 2.05) is 30.3 Å². The van der Waals surface area contributed by atoms with E-state index in [9.17, 15) is 4.79 Å². The summed E-state index contributed by atoms with van der Waals surface area (Å²) in [4.78, 5) is 17.5. The number of benzene rings is 3. The molecule has 0 fully saturated rings. The molecule has 0 aliphatic rings. The Kier molecular flexibility index (Phi) is 5.91. The van der Waals surface area contributed by atoms with Crippen LogP contribution in [0.3, 0.4) is 0 Å². The minimum Gasteiger partial charge on any atom is -0.457 e. The first kappa shape index (κ1) is 20.2. The highest BCUT2D eigenvalue weighted by Gasteiger charge is 2.13. The van der Waals surface area contributed by atoms with Gasteiger partial charge in [0.15, 0.2) is 4.80 Å². The third-order valence-corrected chi connectivity index (χ3v) is 5.75. The topological polar surface area (TPSA) is 43.6 Å². The third kappa shape index (κ3) is 4.27. The number of carbonyl (C=O) groups is 1. The Morgan fingerprint density at radius 1 is 1.07 bits per heavy atom. The molecule has 0 bridgehead atoms. The number of hydrogen-bond acceptors (Lipinski definition) is 3. The molecule has 7 heteroatoms. The van der Waals surface area contributed by atoms with Gasteiger partial charge in [-0.3, -0.25) is 4.79 Å². The minimum absolute atomic E-state index is 0.233. The Labute approximate surface area is 187 Å². The van der Waals surface area contributed by atoms with Crippen LogP contribution in [0.5, 0.6) is 11.5 Å². The van der Waals surface area contributed by atoms with E-state index in [2.05, 4.69) is 10.9 Å². The van der Waals surface area contributed by atoms with Gasteiger partial charge < -0.3 is 9.30 Å². The summed E-state index contributed by atoms with van der Waals surface area (Å²) in [7, 11) is 0. The van der Waals surface area contributed by atoms with E-state index in [0.717, 1.165) is 10.4 Å². The number of carbonyl (C=O) groups excluding carboxylic acids is 1. The van der Waals surface area contributed by atoms with Crippen molar-refractivity contribution in [3.05, 3.63) is 87.1 Å². The molecule has 1 amide bonds. The summed E-state index contributed by atoms with van der Waals surface area (Å²) >= 11 is 13.8. The van der Waals surface area contributed by atoms with Crippen LogP contribution in [-0.4, -0.2) is 10.5 Å². The smallest absolute Gasteiger partial charge is 0.279 e. The van der Waals surface area contributed by atoms with Gasteiger partial charge in [-0.15, -0.1) is 6.42 Å². The quantitative estimate of drug-likeness (QED) is 0.347. The fourth-order valence-corrected chi connectivity index (χ4v) is 4.70. The van der Waals surface area contributed by atoms with E-state index >= 15 is 0 Å². The number of nitrogens with zero attached hydrogens (tertiary/aromatic N) is 2. The molecule has 0 aliphatic carbocycles. The summed E-state index contributed by atoms with van der Waals surface area (Å²) in [5, 5.41) is 0.966. The fraction of sp³-hybridized carbons (Fsp3) is 0.0435. The van der Waals surface area contributed by atoms with Gasteiger partial charge in [0.2, 0.25) is 0 Å². The molecule has 4 rings (SSSR count). The van der Waals surface area contributed by atoms with E-state index in [4.69, 9.17) is 34.4 Å². The lowest BCUT2D eigenvalue weighted by atomic mass is 10.2. The molecule has 4 nitrogen and oxygen atoms in total. The third-order valence-electron chi connectivity index (χ3n) is 4.22. The highest BCUT2D eigenvalue weighted by molar-refractivity contribution is 7.16. The summed E-state index contributed by atoms with van der Waals surface area (Å²) in [6.07, 6.45) is 5.51. The molecular weight excluding hydrogens is 439 g/mol. The van der Waals surface area contributed by atoms with Gasteiger partial charge in [0.1, 0.15) is 11.5 Å². The zero-order chi connectivity index (χ0) is 21.1. The standard InChI is InChI=1S/C23H14Cl2N2O2S/c1-2-12-27-21-19(25)13-16(24)14-20(21)30-23(27)26-22(28)15-8-10-18(11-9-15)29-17-6-4-3-5-7-17/h1,3-11,13-14H,12H2. The van der Waals surface area contributed by atoms with E-state index in [1.54, 1.807) is 41.0 Å². The van der Waals surface area contributed by atoms with Crippen LogP contribution >= 0.6 is 34.5 Å². The lowest BCUT2D eigenvalue weighted by molar-refractivity contribution is 0.0998. The summed E-state index contributed by atoms with van der Waals surface area (Å²) in [6, 6.07) is 19.6. The molecule has 148 valence electrons. The summed E-state index contributed by atoms with van der Waals surface area (Å²) < 4.78 is 8.30. The van der Waals surface area contributed by atoms with Crippen molar-refractivity contribution in [3.8, 4) is 23.8 Å². The molecule has 0 spiro atoms. The molecule has 0 radical (unpaired) electrons. The van der Waals surface area contributed by atoms with Gasteiger partial charge in [-0.25, -0.2) is 0 Å². The van der Waals surface area contributed by atoms with E-state index in [0.29, 0.717) is 31.7 Å². The molecule has 4 aromatic rings. The highest BCUT2D eigenvalue weighted by atomic mass is 35.5. The zero-order valence-corrected chi connectivity index (χ0v) is 17.8. The van der Waals surface area contributed by atoms with Crippen molar-refractivity contribution in [1.29, 1.82) is 0 Å². The summed E-state index contributed by atoms with van der Waals surface area (Å²) in [5.41, 5.74) is 1.14. The maximum Gasteiger partial charge on any atom is 0.279 e. The van der Waals surface area contributed by atoms with Gasteiger partial charge in [0.05, 0.1) is 21.8 Å². The number of terminal acetylenes is 1. The van der Waals surface area contributed by atoms with Crippen molar-refractivity contribution in [2.75, 3.05) is 0 Å². The second-order valence-corrected chi connectivity index (χ2v) is 8.12. The molecule has 0 atom stereocenters. The van der Waals surface area contributed by atoms with Crippen LogP contribution < -0.4 is 9.54 Å². The van der Waals surface area contributed by atoms with Gasteiger partial charge in [0, 0.05) is 10.6 Å². The number of fused-ring (bicyclic) bond motifs is 1. The number of hydrogen-bond donors (Lipinski definition) is 0. The molecule has 3 aromatic carbocycles. The molecule has 0 aliphatic heterocycles. The fourth-order valence-electron chi connectivity index (χ4n) is 2.89. The van der Waals surface area contributed by atoms with Crippen LogP contribution in [0.25, 0.3) is 10.2 Å². The molecule has 0 N–H and O–H groups in total. The number of para-hydroxylation sites is 1. The van der Waals surface area contributed by atoms with Crippen LogP contribution in [-0.2, 0) is 6.54 Å². The maximum absolute atomic E-state index is 12.7. The monoisotopic (exact) mass is 452 g/mol. The average Bonchev–Trinajstić information content (AvgIpc) is 3.06. The van der Waals surface area contributed by atoms with Crippen LogP contribution in [0.4, 0.5) is 0 Å². The lowest BCUT2D eigenvalue weighted by Crippen LogP contribution is -2.16. The van der Waals surface area contributed by atoms with Crippen LogP contribution in [0, 0.1) is 12.3 Å². The van der Waals surface area contributed by atoms with Crippen molar-refractivity contribution in [1.82, 2.24) is 4.57 Å². The maximum atomic E-state index is 12.7. The molecular formula is C23H14Cl2N2O2S. The number of halogens is 2. The second kappa shape index (κ2) is 8.76.